The number of aliphatic hydroxyl groups is 1. The molecule has 1 saturated carbocycles. The molecular weight excluding hydrogens is 282 g/mol. The first-order valence-corrected chi connectivity index (χ1v) is 7.99. The fourth-order valence-corrected chi connectivity index (χ4v) is 2.77. The molecule has 22 heavy (non-hydrogen) atoms. The Balaban J connectivity index is 1.55. The molecule has 122 valence electrons. The number of aromatic nitrogens is 1. The molecule has 6 heteroatoms. The summed E-state index contributed by atoms with van der Waals surface area (Å²) in [7, 11) is 0. The van der Waals surface area contributed by atoms with Gasteiger partial charge in [0.15, 0.2) is 0 Å². The minimum absolute atomic E-state index is 0.00184. The second kappa shape index (κ2) is 7.98. The Bertz CT molecular complexity index is 535. The van der Waals surface area contributed by atoms with E-state index in [0.29, 0.717) is 19.6 Å². The quantitative estimate of drug-likeness (QED) is 0.663. The molecular formula is C16H25N3O3. The molecule has 1 fully saturated rings. The fraction of sp³-hybridized carbons (Fsp3) is 0.625. The number of unbranched alkanes of at least 4 members (excludes halogenated alkanes) is 1. The molecule has 1 aromatic rings. The maximum absolute atomic E-state index is 11.6. The van der Waals surface area contributed by atoms with Crippen LogP contribution in [-0.2, 0) is 6.54 Å². The van der Waals surface area contributed by atoms with Crippen molar-refractivity contribution in [3.63, 3.8) is 0 Å². The van der Waals surface area contributed by atoms with Crippen molar-refractivity contribution in [1.82, 2.24) is 15.2 Å². The minimum Gasteiger partial charge on any atom is -0.388 e. The van der Waals surface area contributed by atoms with Crippen LogP contribution < -0.4 is 16.2 Å². The number of pyridine rings is 1. The van der Waals surface area contributed by atoms with E-state index in [0.717, 1.165) is 38.5 Å². The summed E-state index contributed by atoms with van der Waals surface area (Å²) in [6.45, 7) is 1.53. The lowest BCUT2D eigenvalue weighted by Gasteiger charge is -2.22. The summed E-state index contributed by atoms with van der Waals surface area (Å²) in [6, 6.07) is 4.86. The number of carbonyl (C=O) groups is 1. The molecule has 1 aromatic heterocycles. The highest BCUT2D eigenvalue weighted by molar-refractivity contribution is 5.73. The molecule has 0 aromatic carbocycles. The minimum atomic E-state index is -0.716. The van der Waals surface area contributed by atoms with E-state index in [1.165, 1.54) is 0 Å². The van der Waals surface area contributed by atoms with Gasteiger partial charge < -0.3 is 20.3 Å². The third-order valence-electron chi connectivity index (χ3n) is 4.12. The average Bonchev–Trinajstić information content (AvgIpc) is 2.94. The first kappa shape index (κ1) is 16.5. The molecule has 1 heterocycles. The molecule has 0 atom stereocenters. The molecule has 0 bridgehead atoms. The van der Waals surface area contributed by atoms with Gasteiger partial charge in [0.2, 0.25) is 5.56 Å². The second-order valence-electron chi connectivity index (χ2n) is 5.98. The highest BCUT2D eigenvalue weighted by Gasteiger charge is 2.31. The summed E-state index contributed by atoms with van der Waals surface area (Å²) in [6.07, 6.45) is 6.98. The third-order valence-corrected chi connectivity index (χ3v) is 4.12. The van der Waals surface area contributed by atoms with Crippen LogP contribution in [0.2, 0.25) is 0 Å². The number of carbonyl (C=O) groups excluding carboxylic acids is 1. The van der Waals surface area contributed by atoms with Crippen LogP contribution in [0.1, 0.15) is 38.5 Å². The fourth-order valence-electron chi connectivity index (χ4n) is 2.77. The predicted octanol–water partition coefficient (Wildman–Crippen LogP) is 1.23. The highest BCUT2D eigenvalue weighted by Crippen LogP contribution is 2.28. The van der Waals surface area contributed by atoms with Crippen molar-refractivity contribution in [2.45, 2.75) is 50.7 Å². The number of aryl methyl sites for hydroxylation is 1. The monoisotopic (exact) mass is 307 g/mol. The molecule has 0 saturated heterocycles. The summed E-state index contributed by atoms with van der Waals surface area (Å²) in [5.41, 5.74) is -0.718. The summed E-state index contributed by atoms with van der Waals surface area (Å²) in [5, 5.41) is 15.6. The molecule has 3 N–H and O–H groups in total. The predicted molar refractivity (Wildman–Crippen MR) is 84.8 cm³/mol. The smallest absolute Gasteiger partial charge is 0.314 e. The molecule has 0 radical (unpaired) electrons. The van der Waals surface area contributed by atoms with Gasteiger partial charge in [-0.05, 0) is 31.7 Å². The topological polar surface area (TPSA) is 83.4 Å². The van der Waals surface area contributed by atoms with Crippen LogP contribution in [0.25, 0.3) is 0 Å². The molecule has 0 spiro atoms. The number of nitrogens with one attached hydrogen (secondary N) is 2. The van der Waals surface area contributed by atoms with E-state index < -0.39 is 5.60 Å². The molecule has 6 nitrogen and oxygen atoms in total. The van der Waals surface area contributed by atoms with Gasteiger partial charge in [0.25, 0.3) is 0 Å². The van der Waals surface area contributed by atoms with Crippen molar-refractivity contribution in [2.75, 3.05) is 13.1 Å². The molecule has 1 aliphatic carbocycles. The van der Waals surface area contributed by atoms with Crippen LogP contribution in [0.4, 0.5) is 4.79 Å². The van der Waals surface area contributed by atoms with Crippen molar-refractivity contribution in [2.24, 2.45) is 0 Å². The number of hydrogen-bond acceptors (Lipinski definition) is 3. The van der Waals surface area contributed by atoms with Crippen molar-refractivity contribution < 1.29 is 9.90 Å². The Morgan fingerprint density at radius 3 is 2.73 bits per heavy atom. The number of urea groups is 1. The van der Waals surface area contributed by atoms with Gasteiger partial charge in [0.1, 0.15) is 0 Å². The van der Waals surface area contributed by atoms with Crippen molar-refractivity contribution in [3.05, 3.63) is 34.7 Å². The molecule has 2 rings (SSSR count). The van der Waals surface area contributed by atoms with Gasteiger partial charge in [0, 0.05) is 31.9 Å². The van der Waals surface area contributed by atoms with Gasteiger partial charge in [-0.2, -0.15) is 0 Å². The van der Waals surface area contributed by atoms with Crippen molar-refractivity contribution in [1.29, 1.82) is 0 Å². The number of rotatable bonds is 7. The lowest BCUT2D eigenvalue weighted by Crippen LogP contribution is -2.45. The van der Waals surface area contributed by atoms with Gasteiger partial charge in [0.05, 0.1) is 5.60 Å². The van der Waals surface area contributed by atoms with Crippen LogP contribution in [0.15, 0.2) is 29.2 Å². The van der Waals surface area contributed by atoms with E-state index in [2.05, 4.69) is 10.6 Å². The molecule has 2 amide bonds. The van der Waals surface area contributed by atoms with E-state index >= 15 is 0 Å². The van der Waals surface area contributed by atoms with Crippen LogP contribution >= 0.6 is 0 Å². The summed E-state index contributed by atoms with van der Waals surface area (Å²) in [5.74, 6) is 0. The Morgan fingerprint density at radius 1 is 1.23 bits per heavy atom. The first-order valence-electron chi connectivity index (χ1n) is 7.99. The van der Waals surface area contributed by atoms with E-state index in [1.54, 1.807) is 22.9 Å². The van der Waals surface area contributed by atoms with Crippen LogP contribution in [-0.4, -0.2) is 34.4 Å². The van der Waals surface area contributed by atoms with E-state index in [1.807, 2.05) is 6.07 Å². The first-order chi connectivity index (χ1) is 10.6. The number of hydrogen-bond donors (Lipinski definition) is 3. The molecule has 0 unspecified atom stereocenters. The summed E-state index contributed by atoms with van der Waals surface area (Å²) >= 11 is 0. The maximum atomic E-state index is 11.6. The Hall–Kier alpha value is -1.82. The van der Waals surface area contributed by atoms with Gasteiger partial charge in [-0.1, -0.05) is 18.9 Å². The van der Waals surface area contributed by atoms with E-state index in [-0.39, 0.29) is 11.6 Å². The zero-order valence-corrected chi connectivity index (χ0v) is 12.9. The van der Waals surface area contributed by atoms with Gasteiger partial charge in [-0.25, -0.2) is 4.79 Å². The average molecular weight is 307 g/mol. The van der Waals surface area contributed by atoms with Crippen molar-refractivity contribution >= 4 is 6.03 Å². The second-order valence-corrected chi connectivity index (χ2v) is 5.98. The summed E-state index contributed by atoms with van der Waals surface area (Å²) < 4.78 is 1.66. The standard InChI is InChI=1S/C16H25N3O3/c20-14-7-1-5-11-19(14)12-6-4-10-17-15(21)18-13-16(22)8-2-3-9-16/h1,5,7,11,22H,2-4,6,8-10,12-13H2,(H2,17,18,21). The SMILES string of the molecule is O=C(NCCCCn1ccccc1=O)NCC1(O)CCCC1. The zero-order chi connectivity index (χ0) is 15.8. The Labute approximate surface area is 130 Å². The van der Waals surface area contributed by atoms with Gasteiger partial charge >= 0.3 is 6.03 Å². The highest BCUT2D eigenvalue weighted by atomic mass is 16.3. The van der Waals surface area contributed by atoms with Crippen LogP contribution in [0, 0.1) is 0 Å². The number of nitrogens with zero attached hydrogens (tertiary/aromatic N) is 1. The lowest BCUT2D eigenvalue weighted by atomic mass is 10.0. The largest absolute Gasteiger partial charge is 0.388 e. The zero-order valence-electron chi connectivity index (χ0n) is 12.9. The third kappa shape index (κ3) is 5.18. The van der Waals surface area contributed by atoms with E-state index in [9.17, 15) is 14.7 Å². The number of amides is 2. The summed E-state index contributed by atoms with van der Waals surface area (Å²) in [4.78, 5) is 23.1. The maximum Gasteiger partial charge on any atom is 0.314 e. The van der Waals surface area contributed by atoms with Crippen LogP contribution in [0.3, 0.4) is 0 Å². The Kier molecular flexibility index (Phi) is 6.00. The van der Waals surface area contributed by atoms with Gasteiger partial charge in [-0.15, -0.1) is 0 Å². The van der Waals surface area contributed by atoms with Crippen LogP contribution in [0.5, 0.6) is 0 Å². The lowest BCUT2D eigenvalue weighted by molar-refractivity contribution is 0.0501. The normalized spacial score (nSPS) is 16.4. The molecule has 1 aliphatic rings. The Morgan fingerprint density at radius 2 is 2.00 bits per heavy atom. The van der Waals surface area contributed by atoms with Gasteiger partial charge in [-0.3, -0.25) is 4.79 Å². The molecule has 0 aliphatic heterocycles. The van der Waals surface area contributed by atoms with E-state index in [4.69, 9.17) is 0 Å². The van der Waals surface area contributed by atoms with Crippen molar-refractivity contribution in [3.8, 4) is 0 Å².